The van der Waals surface area contributed by atoms with Crippen molar-refractivity contribution in [2.24, 2.45) is 0 Å². The van der Waals surface area contributed by atoms with Crippen LogP contribution in [0.2, 0.25) is 0 Å². The molecule has 0 amide bonds. The predicted molar refractivity (Wildman–Crippen MR) is 74.7 cm³/mol. The van der Waals surface area contributed by atoms with Gasteiger partial charge in [0, 0.05) is 30.9 Å². The zero-order valence-corrected chi connectivity index (χ0v) is 11.5. The molecule has 2 heterocycles. The van der Waals surface area contributed by atoms with Crippen LogP contribution in [0.5, 0.6) is 0 Å². The van der Waals surface area contributed by atoms with Crippen molar-refractivity contribution < 1.29 is 0 Å². The number of hydrogen-bond acceptors (Lipinski definition) is 3. The van der Waals surface area contributed by atoms with E-state index in [-0.39, 0.29) is 0 Å². The van der Waals surface area contributed by atoms with E-state index < -0.39 is 0 Å². The van der Waals surface area contributed by atoms with Crippen molar-refractivity contribution in [2.75, 3.05) is 25.1 Å². The first-order valence-electron chi connectivity index (χ1n) is 6.61. The number of hydrogen-bond donors (Lipinski definition) is 1. The molecular weight excluding hydrogens is 230 g/mol. The molecule has 17 heavy (non-hydrogen) atoms. The molecule has 0 aliphatic carbocycles. The molecule has 1 aliphatic rings. The van der Waals surface area contributed by atoms with Crippen molar-refractivity contribution in [3.05, 3.63) is 18.2 Å². The smallest absolute Gasteiger partial charge is 0.0948 e. The number of nitrogens with one attached hydrogen (secondary N) is 1. The molecule has 0 aromatic carbocycles. The minimum Gasteiger partial charge on any atom is -0.334 e. The molecule has 0 spiro atoms. The van der Waals surface area contributed by atoms with Crippen molar-refractivity contribution in [3.63, 3.8) is 0 Å². The standard InChI is InChI=1S/C13H23N3S/c1-17-8-4-2-3-7-16-11-15-10-13(16)12-5-6-14-9-12/h10-12,14H,2-9H2,1H3. The van der Waals surface area contributed by atoms with Gasteiger partial charge in [-0.1, -0.05) is 6.42 Å². The summed E-state index contributed by atoms with van der Waals surface area (Å²) < 4.78 is 2.36. The van der Waals surface area contributed by atoms with E-state index in [0.29, 0.717) is 5.92 Å². The zero-order valence-electron chi connectivity index (χ0n) is 10.7. The molecule has 2 rings (SSSR count). The molecule has 1 N–H and O–H groups in total. The van der Waals surface area contributed by atoms with Crippen LogP contribution in [0, 0.1) is 0 Å². The lowest BCUT2D eigenvalue weighted by atomic mass is 10.1. The summed E-state index contributed by atoms with van der Waals surface area (Å²) in [5, 5.41) is 3.43. The highest BCUT2D eigenvalue weighted by Gasteiger charge is 2.19. The van der Waals surface area contributed by atoms with E-state index in [1.807, 2.05) is 18.1 Å². The summed E-state index contributed by atoms with van der Waals surface area (Å²) in [6.45, 7) is 3.42. The molecule has 0 bridgehead atoms. The molecule has 0 saturated carbocycles. The molecule has 1 saturated heterocycles. The average molecular weight is 253 g/mol. The number of rotatable bonds is 7. The number of unbranched alkanes of at least 4 members (excludes halogenated alkanes) is 2. The molecule has 1 fully saturated rings. The van der Waals surface area contributed by atoms with Gasteiger partial charge in [-0.15, -0.1) is 0 Å². The Morgan fingerprint density at radius 3 is 3.18 bits per heavy atom. The van der Waals surface area contributed by atoms with Gasteiger partial charge < -0.3 is 9.88 Å². The summed E-state index contributed by atoms with van der Waals surface area (Å²) in [6, 6.07) is 0. The van der Waals surface area contributed by atoms with Crippen LogP contribution in [-0.4, -0.2) is 34.6 Å². The van der Waals surface area contributed by atoms with Crippen molar-refractivity contribution in [1.82, 2.24) is 14.9 Å². The van der Waals surface area contributed by atoms with Gasteiger partial charge in [0.2, 0.25) is 0 Å². The van der Waals surface area contributed by atoms with Crippen LogP contribution < -0.4 is 5.32 Å². The molecule has 3 nitrogen and oxygen atoms in total. The highest BCUT2D eigenvalue weighted by molar-refractivity contribution is 7.98. The number of nitrogens with zero attached hydrogens (tertiary/aromatic N) is 2. The van der Waals surface area contributed by atoms with E-state index in [1.165, 1.54) is 37.1 Å². The first-order chi connectivity index (χ1) is 8.42. The van der Waals surface area contributed by atoms with E-state index in [9.17, 15) is 0 Å². The first kappa shape index (κ1) is 13.0. The fourth-order valence-electron chi connectivity index (χ4n) is 2.47. The highest BCUT2D eigenvalue weighted by Crippen LogP contribution is 2.22. The molecule has 1 aromatic heterocycles. The van der Waals surface area contributed by atoms with Crippen molar-refractivity contribution in [2.45, 2.75) is 38.1 Å². The summed E-state index contributed by atoms with van der Waals surface area (Å²) in [5.74, 6) is 1.98. The highest BCUT2D eigenvalue weighted by atomic mass is 32.2. The van der Waals surface area contributed by atoms with Crippen molar-refractivity contribution >= 4 is 11.8 Å². The summed E-state index contributed by atoms with van der Waals surface area (Å²) >= 11 is 1.95. The Hall–Kier alpha value is -0.480. The van der Waals surface area contributed by atoms with Crippen LogP contribution in [-0.2, 0) is 6.54 Å². The molecule has 1 aliphatic heterocycles. The van der Waals surface area contributed by atoms with E-state index >= 15 is 0 Å². The zero-order chi connectivity index (χ0) is 11.9. The van der Waals surface area contributed by atoms with Crippen LogP contribution in [0.4, 0.5) is 0 Å². The van der Waals surface area contributed by atoms with Crippen molar-refractivity contribution in [3.8, 4) is 0 Å². The molecular formula is C13H23N3S. The normalized spacial score (nSPS) is 19.9. The number of imidazole rings is 1. The third-order valence-electron chi connectivity index (χ3n) is 3.47. The van der Waals surface area contributed by atoms with Crippen LogP contribution in [0.1, 0.15) is 37.3 Å². The fourth-order valence-corrected chi connectivity index (χ4v) is 2.96. The Kier molecular flexibility index (Phi) is 5.39. The van der Waals surface area contributed by atoms with Gasteiger partial charge in [0.15, 0.2) is 0 Å². The lowest BCUT2D eigenvalue weighted by molar-refractivity contribution is 0.564. The summed E-state index contributed by atoms with van der Waals surface area (Å²) in [5.41, 5.74) is 1.43. The third-order valence-corrected chi connectivity index (χ3v) is 4.17. The minimum absolute atomic E-state index is 0.684. The lowest BCUT2D eigenvalue weighted by Crippen LogP contribution is -2.11. The van der Waals surface area contributed by atoms with E-state index in [4.69, 9.17) is 0 Å². The van der Waals surface area contributed by atoms with Crippen LogP contribution in [0.15, 0.2) is 12.5 Å². The van der Waals surface area contributed by atoms with E-state index in [1.54, 1.807) is 0 Å². The lowest BCUT2D eigenvalue weighted by Gasteiger charge is -2.12. The van der Waals surface area contributed by atoms with E-state index in [2.05, 4.69) is 27.3 Å². The summed E-state index contributed by atoms with van der Waals surface area (Å²) in [4.78, 5) is 4.31. The van der Waals surface area contributed by atoms with E-state index in [0.717, 1.165) is 19.6 Å². The largest absolute Gasteiger partial charge is 0.334 e. The second kappa shape index (κ2) is 7.07. The van der Waals surface area contributed by atoms with Gasteiger partial charge in [0.05, 0.1) is 6.33 Å². The van der Waals surface area contributed by atoms with Crippen LogP contribution in [0.25, 0.3) is 0 Å². The Morgan fingerprint density at radius 1 is 1.47 bits per heavy atom. The molecule has 96 valence electrons. The van der Waals surface area contributed by atoms with Gasteiger partial charge in [-0.3, -0.25) is 0 Å². The first-order valence-corrected chi connectivity index (χ1v) is 8.01. The minimum atomic E-state index is 0.684. The number of aryl methyl sites for hydroxylation is 1. The number of thioether (sulfide) groups is 1. The van der Waals surface area contributed by atoms with Gasteiger partial charge in [0.1, 0.15) is 0 Å². The van der Waals surface area contributed by atoms with Gasteiger partial charge in [-0.25, -0.2) is 4.98 Å². The Bertz CT molecular complexity index is 318. The topological polar surface area (TPSA) is 29.9 Å². The maximum atomic E-state index is 4.31. The van der Waals surface area contributed by atoms with Crippen LogP contribution in [0.3, 0.4) is 0 Å². The maximum absolute atomic E-state index is 4.31. The Balaban J connectivity index is 1.78. The molecule has 1 atom stereocenters. The van der Waals surface area contributed by atoms with Crippen LogP contribution >= 0.6 is 11.8 Å². The Morgan fingerprint density at radius 2 is 2.41 bits per heavy atom. The summed E-state index contributed by atoms with van der Waals surface area (Å²) in [7, 11) is 0. The maximum Gasteiger partial charge on any atom is 0.0948 e. The predicted octanol–water partition coefficient (Wildman–Crippen LogP) is 2.49. The quantitative estimate of drug-likeness (QED) is 0.757. The molecule has 4 heteroatoms. The molecule has 1 unspecified atom stereocenters. The third kappa shape index (κ3) is 3.75. The second-order valence-corrected chi connectivity index (χ2v) is 5.74. The summed E-state index contributed by atoms with van der Waals surface area (Å²) in [6.07, 6.45) is 11.5. The molecule has 0 radical (unpaired) electrons. The molecule has 1 aromatic rings. The average Bonchev–Trinajstić information content (AvgIpc) is 2.98. The SMILES string of the molecule is CSCCCCCn1cncc1C1CCNC1. The fraction of sp³-hybridized carbons (Fsp3) is 0.769. The monoisotopic (exact) mass is 253 g/mol. The second-order valence-electron chi connectivity index (χ2n) is 4.76. The van der Waals surface area contributed by atoms with Gasteiger partial charge in [-0.2, -0.15) is 11.8 Å². The van der Waals surface area contributed by atoms with Gasteiger partial charge >= 0.3 is 0 Å². The van der Waals surface area contributed by atoms with Crippen molar-refractivity contribution in [1.29, 1.82) is 0 Å². The number of aromatic nitrogens is 2. The van der Waals surface area contributed by atoms with Gasteiger partial charge in [0.25, 0.3) is 0 Å². The Labute approximate surface area is 108 Å². The van der Waals surface area contributed by atoms with Gasteiger partial charge in [-0.05, 0) is 37.8 Å².